The van der Waals surface area contributed by atoms with Crippen LogP contribution in [0.25, 0.3) is 0 Å². The lowest BCUT2D eigenvalue weighted by Gasteiger charge is -2.17. The van der Waals surface area contributed by atoms with Crippen molar-refractivity contribution in [3.05, 3.63) is 11.2 Å². The third-order valence-corrected chi connectivity index (χ3v) is 5.13. The summed E-state index contributed by atoms with van der Waals surface area (Å²) in [5.41, 5.74) is 0. The lowest BCUT2D eigenvalue weighted by atomic mass is 10.5. The lowest BCUT2D eigenvalue weighted by molar-refractivity contribution is 0.447. The monoisotopic (exact) mass is 258 g/mol. The van der Waals surface area contributed by atoms with Gasteiger partial charge in [0.2, 0.25) is 0 Å². The van der Waals surface area contributed by atoms with Gasteiger partial charge in [-0.15, -0.1) is 17.8 Å². The minimum absolute atomic E-state index is 0.104. The zero-order chi connectivity index (χ0) is 12.2. The van der Waals surface area contributed by atoms with Crippen LogP contribution in [0.5, 0.6) is 0 Å². The highest BCUT2D eigenvalue weighted by Gasteiger charge is 2.24. The van der Waals surface area contributed by atoms with Crippen LogP contribution < -0.4 is 0 Å². The number of hydrogen-bond acceptors (Lipinski definition) is 4. The molecule has 0 spiro atoms. The minimum atomic E-state index is -3.46. The normalized spacial score (nSPS) is 11.6. The average molecular weight is 258 g/mol. The Morgan fingerprint density at radius 2 is 2.31 bits per heavy atom. The van der Waals surface area contributed by atoms with Crippen LogP contribution in [-0.4, -0.2) is 30.8 Å². The van der Waals surface area contributed by atoms with Crippen molar-refractivity contribution in [2.75, 3.05) is 13.1 Å². The summed E-state index contributed by atoms with van der Waals surface area (Å²) < 4.78 is 25.8. The highest BCUT2D eigenvalue weighted by molar-refractivity contribution is 7.91. The molecule has 0 bridgehead atoms. The van der Waals surface area contributed by atoms with Gasteiger partial charge in [0.25, 0.3) is 10.0 Å². The van der Waals surface area contributed by atoms with Gasteiger partial charge < -0.3 is 0 Å². The third kappa shape index (κ3) is 2.82. The molecule has 1 aromatic heterocycles. The molecule has 0 N–H and O–H groups in total. The summed E-state index contributed by atoms with van der Waals surface area (Å²) in [6.07, 6.45) is 7.29. The van der Waals surface area contributed by atoms with E-state index in [1.807, 2.05) is 6.92 Å². The molecule has 4 nitrogen and oxygen atoms in total. The zero-order valence-electron chi connectivity index (χ0n) is 9.30. The quantitative estimate of drug-likeness (QED) is 0.752. The Balaban J connectivity index is 3.03. The summed E-state index contributed by atoms with van der Waals surface area (Å²) in [6, 6.07) is 0. The van der Waals surface area contributed by atoms with Gasteiger partial charge in [-0.1, -0.05) is 12.8 Å². The van der Waals surface area contributed by atoms with Gasteiger partial charge in [-0.05, 0) is 13.3 Å². The van der Waals surface area contributed by atoms with Crippen LogP contribution in [0, 0.1) is 19.3 Å². The molecule has 0 aromatic carbocycles. The lowest BCUT2D eigenvalue weighted by Crippen LogP contribution is -2.31. The molecule has 88 valence electrons. The maximum atomic E-state index is 12.1. The number of nitrogens with zero attached hydrogens (tertiary/aromatic N) is 2. The van der Waals surface area contributed by atoms with Gasteiger partial charge in [-0.25, -0.2) is 13.4 Å². The highest BCUT2D eigenvalue weighted by Crippen LogP contribution is 2.22. The molecular weight excluding hydrogens is 244 g/mol. The number of sulfonamides is 1. The Bertz CT molecular complexity index is 485. The van der Waals surface area contributed by atoms with E-state index in [4.69, 9.17) is 6.42 Å². The van der Waals surface area contributed by atoms with Crippen molar-refractivity contribution in [1.29, 1.82) is 0 Å². The molecule has 0 saturated heterocycles. The first kappa shape index (κ1) is 13.2. The second kappa shape index (κ2) is 5.43. The molecule has 0 atom stereocenters. The maximum absolute atomic E-state index is 12.1. The second-order valence-corrected chi connectivity index (χ2v) is 6.64. The van der Waals surface area contributed by atoms with Crippen molar-refractivity contribution < 1.29 is 8.42 Å². The van der Waals surface area contributed by atoms with E-state index in [0.717, 1.165) is 11.4 Å². The van der Waals surface area contributed by atoms with Gasteiger partial charge in [-0.3, -0.25) is 0 Å². The molecule has 0 saturated carbocycles. The van der Waals surface area contributed by atoms with Gasteiger partial charge >= 0.3 is 0 Å². The molecular formula is C10H14N2O2S2. The predicted molar refractivity (Wildman–Crippen MR) is 64.7 cm³/mol. The Labute approximate surface area is 100 Å². The highest BCUT2D eigenvalue weighted by atomic mass is 32.2. The molecule has 0 aliphatic carbocycles. The van der Waals surface area contributed by atoms with E-state index in [0.29, 0.717) is 6.54 Å². The molecule has 1 heterocycles. The molecule has 1 aromatic rings. The summed E-state index contributed by atoms with van der Waals surface area (Å²) in [7, 11) is -3.46. The molecule has 0 aliphatic heterocycles. The van der Waals surface area contributed by atoms with Gasteiger partial charge in [0.05, 0.1) is 17.7 Å². The number of terminal acetylenes is 1. The molecule has 0 unspecified atom stereocenters. The number of thiazole rings is 1. The number of aromatic nitrogens is 1. The first-order valence-corrected chi connectivity index (χ1v) is 7.14. The summed E-state index contributed by atoms with van der Waals surface area (Å²) in [5.74, 6) is 2.37. The SMILES string of the molecule is C#CCN(CCC)S(=O)(=O)c1cnc(C)s1. The van der Waals surface area contributed by atoms with Crippen LogP contribution in [0.4, 0.5) is 0 Å². The first-order valence-electron chi connectivity index (χ1n) is 4.88. The number of aryl methyl sites for hydroxylation is 1. The van der Waals surface area contributed by atoms with Crippen molar-refractivity contribution in [3.63, 3.8) is 0 Å². The fourth-order valence-electron chi connectivity index (χ4n) is 1.22. The summed E-state index contributed by atoms with van der Waals surface area (Å²) in [4.78, 5) is 3.95. The van der Waals surface area contributed by atoms with E-state index in [1.165, 1.54) is 21.8 Å². The molecule has 1 rings (SSSR count). The van der Waals surface area contributed by atoms with Crippen LogP contribution in [0.15, 0.2) is 10.4 Å². The van der Waals surface area contributed by atoms with Crippen LogP contribution in [0.2, 0.25) is 0 Å². The molecule has 0 aliphatic rings. The fraction of sp³-hybridized carbons (Fsp3) is 0.500. The average Bonchev–Trinajstić information content (AvgIpc) is 2.65. The maximum Gasteiger partial charge on any atom is 0.255 e. The van der Waals surface area contributed by atoms with Gasteiger partial charge in [0.15, 0.2) is 4.21 Å². The van der Waals surface area contributed by atoms with Gasteiger partial charge in [0.1, 0.15) is 0 Å². The number of rotatable bonds is 5. The predicted octanol–water partition coefficient (Wildman–Crippen LogP) is 1.49. The fourth-order valence-corrected chi connectivity index (χ4v) is 3.93. The van der Waals surface area contributed by atoms with E-state index >= 15 is 0 Å². The summed E-state index contributed by atoms with van der Waals surface area (Å²) in [6.45, 7) is 4.22. The number of hydrogen-bond donors (Lipinski definition) is 0. The third-order valence-electron chi connectivity index (χ3n) is 1.93. The van der Waals surface area contributed by atoms with Crippen molar-refractivity contribution in [1.82, 2.24) is 9.29 Å². The van der Waals surface area contributed by atoms with E-state index < -0.39 is 10.0 Å². The smallest absolute Gasteiger partial charge is 0.249 e. The zero-order valence-corrected chi connectivity index (χ0v) is 10.9. The molecule has 0 amide bonds. The largest absolute Gasteiger partial charge is 0.255 e. The molecule has 0 radical (unpaired) electrons. The van der Waals surface area contributed by atoms with Crippen LogP contribution in [0.3, 0.4) is 0 Å². The van der Waals surface area contributed by atoms with Crippen LogP contribution >= 0.6 is 11.3 Å². The van der Waals surface area contributed by atoms with E-state index in [2.05, 4.69) is 10.9 Å². The van der Waals surface area contributed by atoms with Gasteiger partial charge in [-0.2, -0.15) is 4.31 Å². The van der Waals surface area contributed by atoms with Crippen molar-refractivity contribution in [2.45, 2.75) is 24.5 Å². The standard InChI is InChI=1S/C10H14N2O2S2/c1-4-6-12(7-5-2)16(13,14)10-8-11-9(3)15-10/h1,8H,5-7H2,2-3H3. The van der Waals surface area contributed by atoms with Crippen molar-refractivity contribution >= 4 is 21.4 Å². The summed E-state index contributed by atoms with van der Waals surface area (Å²) in [5, 5.41) is 0.732. The van der Waals surface area contributed by atoms with E-state index in [9.17, 15) is 8.42 Å². The Morgan fingerprint density at radius 1 is 1.62 bits per heavy atom. The van der Waals surface area contributed by atoms with E-state index in [-0.39, 0.29) is 10.8 Å². The Hall–Kier alpha value is -0.900. The van der Waals surface area contributed by atoms with Crippen LogP contribution in [-0.2, 0) is 10.0 Å². The minimum Gasteiger partial charge on any atom is -0.249 e. The molecule has 16 heavy (non-hydrogen) atoms. The Kier molecular flexibility index (Phi) is 4.47. The van der Waals surface area contributed by atoms with Crippen molar-refractivity contribution in [2.24, 2.45) is 0 Å². The van der Waals surface area contributed by atoms with Crippen LogP contribution in [0.1, 0.15) is 18.4 Å². The Morgan fingerprint density at radius 3 is 2.75 bits per heavy atom. The molecule has 0 fully saturated rings. The first-order chi connectivity index (χ1) is 7.52. The molecule has 6 heteroatoms. The second-order valence-electron chi connectivity index (χ2n) is 3.24. The van der Waals surface area contributed by atoms with Gasteiger partial charge in [0, 0.05) is 6.54 Å². The van der Waals surface area contributed by atoms with E-state index in [1.54, 1.807) is 6.92 Å². The summed E-state index contributed by atoms with van der Waals surface area (Å²) >= 11 is 1.17. The van der Waals surface area contributed by atoms with Crippen molar-refractivity contribution in [3.8, 4) is 12.3 Å². The topological polar surface area (TPSA) is 50.3 Å².